The Morgan fingerprint density at radius 3 is 2.95 bits per heavy atom. The summed E-state index contributed by atoms with van der Waals surface area (Å²) in [6.07, 6.45) is 1.03. The predicted molar refractivity (Wildman–Crippen MR) is 83.4 cm³/mol. The van der Waals surface area contributed by atoms with E-state index >= 15 is 0 Å². The van der Waals surface area contributed by atoms with Gasteiger partial charge in [-0.2, -0.15) is 11.3 Å². The number of aromatic nitrogens is 1. The molecule has 1 aliphatic rings. The average molecular weight is 307 g/mol. The van der Waals surface area contributed by atoms with Crippen molar-refractivity contribution in [1.29, 1.82) is 0 Å². The monoisotopic (exact) mass is 307 g/mol. The number of rotatable bonds is 2. The maximum Gasteiger partial charge on any atom is 0.273 e. The van der Waals surface area contributed by atoms with E-state index < -0.39 is 0 Å². The van der Waals surface area contributed by atoms with E-state index in [2.05, 4.69) is 22.3 Å². The van der Waals surface area contributed by atoms with Gasteiger partial charge in [0.2, 0.25) is 0 Å². The van der Waals surface area contributed by atoms with Gasteiger partial charge in [-0.15, -0.1) is 11.3 Å². The highest BCUT2D eigenvalue weighted by molar-refractivity contribution is 7.14. The van der Waals surface area contributed by atoms with Crippen LogP contribution in [0, 0.1) is 0 Å². The maximum absolute atomic E-state index is 12.5. The van der Waals surface area contributed by atoms with E-state index in [-0.39, 0.29) is 5.91 Å². The van der Waals surface area contributed by atoms with E-state index in [0.29, 0.717) is 5.69 Å². The van der Waals surface area contributed by atoms with Crippen molar-refractivity contribution in [2.45, 2.75) is 6.42 Å². The second kappa shape index (κ2) is 6.03. The minimum absolute atomic E-state index is 0.0676. The molecule has 20 heavy (non-hydrogen) atoms. The third kappa shape index (κ3) is 2.92. The van der Waals surface area contributed by atoms with Gasteiger partial charge in [-0.1, -0.05) is 0 Å². The Hall–Kier alpha value is -1.24. The summed E-state index contributed by atoms with van der Waals surface area (Å²) in [5.41, 5.74) is 1.69. The van der Waals surface area contributed by atoms with Crippen LogP contribution >= 0.6 is 22.7 Å². The highest BCUT2D eigenvalue weighted by Gasteiger charge is 2.21. The molecule has 0 saturated carbocycles. The predicted octanol–water partition coefficient (Wildman–Crippen LogP) is 2.65. The highest BCUT2D eigenvalue weighted by Crippen LogP contribution is 2.26. The highest BCUT2D eigenvalue weighted by atomic mass is 32.1. The van der Waals surface area contributed by atoms with Crippen molar-refractivity contribution in [2.24, 2.45) is 0 Å². The molecule has 2 aromatic rings. The Morgan fingerprint density at radius 1 is 1.25 bits per heavy atom. The van der Waals surface area contributed by atoms with E-state index in [4.69, 9.17) is 0 Å². The van der Waals surface area contributed by atoms with Gasteiger partial charge in [0.25, 0.3) is 5.91 Å². The lowest BCUT2D eigenvalue weighted by atomic mass is 10.3. The molecule has 2 aromatic heterocycles. The lowest BCUT2D eigenvalue weighted by Crippen LogP contribution is -2.34. The summed E-state index contributed by atoms with van der Waals surface area (Å²) in [6.45, 7) is 3.61. The van der Waals surface area contributed by atoms with Gasteiger partial charge in [-0.3, -0.25) is 4.79 Å². The molecule has 0 N–H and O–H groups in total. The van der Waals surface area contributed by atoms with Gasteiger partial charge in [0, 0.05) is 36.0 Å². The first-order valence-electron chi connectivity index (χ1n) is 6.70. The molecule has 0 aliphatic carbocycles. The van der Waals surface area contributed by atoms with Crippen molar-refractivity contribution >= 4 is 28.6 Å². The molecular formula is C14H17N3OS2. The molecule has 1 fully saturated rings. The zero-order valence-electron chi connectivity index (χ0n) is 11.4. The van der Waals surface area contributed by atoms with Gasteiger partial charge in [0.05, 0.1) is 0 Å². The van der Waals surface area contributed by atoms with Crippen LogP contribution in [-0.4, -0.2) is 53.9 Å². The van der Waals surface area contributed by atoms with Crippen LogP contribution in [-0.2, 0) is 0 Å². The quantitative estimate of drug-likeness (QED) is 0.856. The molecule has 6 heteroatoms. The van der Waals surface area contributed by atoms with Crippen molar-refractivity contribution in [3.8, 4) is 10.6 Å². The van der Waals surface area contributed by atoms with Crippen LogP contribution < -0.4 is 0 Å². The lowest BCUT2D eigenvalue weighted by molar-refractivity contribution is 0.0758. The van der Waals surface area contributed by atoms with Crippen LogP contribution in [0.15, 0.2) is 22.2 Å². The number of hydrogen-bond donors (Lipinski definition) is 0. The molecule has 106 valence electrons. The summed E-state index contributed by atoms with van der Waals surface area (Å²) in [4.78, 5) is 21.2. The Labute approximate surface area is 126 Å². The fourth-order valence-corrected chi connectivity index (χ4v) is 3.81. The second-order valence-electron chi connectivity index (χ2n) is 5.00. The third-order valence-corrected chi connectivity index (χ3v) is 5.07. The second-order valence-corrected chi connectivity index (χ2v) is 6.64. The first kappa shape index (κ1) is 13.7. The molecule has 1 amide bonds. The van der Waals surface area contributed by atoms with Gasteiger partial charge in [-0.05, 0) is 31.5 Å². The van der Waals surface area contributed by atoms with Crippen molar-refractivity contribution in [3.05, 3.63) is 27.9 Å². The zero-order chi connectivity index (χ0) is 13.9. The Kier molecular flexibility index (Phi) is 4.14. The summed E-state index contributed by atoms with van der Waals surface area (Å²) >= 11 is 3.19. The fraction of sp³-hybridized carbons (Fsp3) is 0.429. The molecule has 3 heterocycles. The van der Waals surface area contributed by atoms with E-state index in [9.17, 15) is 4.79 Å². The molecule has 0 atom stereocenters. The average Bonchev–Trinajstić information content (AvgIpc) is 3.08. The van der Waals surface area contributed by atoms with Crippen molar-refractivity contribution in [1.82, 2.24) is 14.8 Å². The molecule has 4 nitrogen and oxygen atoms in total. The van der Waals surface area contributed by atoms with Crippen LogP contribution in [0.3, 0.4) is 0 Å². The number of nitrogens with zero attached hydrogens (tertiary/aromatic N) is 3. The van der Waals surface area contributed by atoms with Crippen molar-refractivity contribution in [3.63, 3.8) is 0 Å². The number of carbonyl (C=O) groups is 1. The standard InChI is InChI=1S/C14H17N3OS2/c1-16-4-2-5-17(7-6-16)14(18)12-10-20-13(15-12)11-3-8-19-9-11/h3,8-10H,2,4-7H2,1H3. The van der Waals surface area contributed by atoms with Gasteiger partial charge in [0.1, 0.15) is 10.7 Å². The SMILES string of the molecule is CN1CCCN(C(=O)c2csc(-c3ccsc3)n2)CC1. The van der Waals surface area contributed by atoms with E-state index in [1.54, 1.807) is 22.7 Å². The van der Waals surface area contributed by atoms with Crippen LogP contribution in [0.25, 0.3) is 10.6 Å². The molecule has 0 bridgehead atoms. The van der Waals surface area contributed by atoms with Crippen LogP contribution in [0.2, 0.25) is 0 Å². The Balaban J connectivity index is 1.74. The maximum atomic E-state index is 12.5. The summed E-state index contributed by atoms with van der Waals surface area (Å²) < 4.78 is 0. The zero-order valence-corrected chi connectivity index (χ0v) is 13.0. The van der Waals surface area contributed by atoms with Gasteiger partial charge in [0.15, 0.2) is 0 Å². The first-order valence-corrected chi connectivity index (χ1v) is 8.52. The van der Waals surface area contributed by atoms with Crippen LogP contribution in [0.4, 0.5) is 0 Å². The molecule has 1 saturated heterocycles. The van der Waals surface area contributed by atoms with E-state index in [0.717, 1.165) is 43.2 Å². The summed E-state index contributed by atoms with van der Waals surface area (Å²) in [6, 6.07) is 2.04. The lowest BCUT2D eigenvalue weighted by Gasteiger charge is -2.19. The number of thiazole rings is 1. The Morgan fingerprint density at radius 2 is 2.15 bits per heavy atom. The Bertz CT molecular complexity index is 579. The number of amides is 1. The van der Waals surface area contributed by atoms with E-state index in [1.165, 1.54) is 0 Å². The number of likely N-dealkylation sites (N-methyl/N-ethyl adjacent to an activating group) is 1. The van der Waals surface area contributed by atoms with Gasteiger partial charge >= 0.3 is 0 Å². The minimum atomic E-state index is 0.0676. The molecule has 1 aliphatic heterocycles. The minimum Gasteiger partial charge on any atom is -0.336 e. The largest absolute Gasteiger partial charge is 0.336 e. The molecule has 0 spiro atoms. The third-order valence-electron chi connectivity index (χ3n) is 3.50. The van der Waals surface area contributed by atoms with E-state index in [1.807, 2.05) is 21.7 Å². The molecule has 0 unspecified atom stereocenters. The first-order chi connectivity index (χ1) is 9.74. The van der Waals surface area contributed by atoms with Crippen LogP contribution in [0.5, 0.6) is 0 Å². The normalized spacial score (nSPS) is 17.1. The van der Waals surface area contributed by atoms with Crippen LogP contribution in [0.1, 0.15) is 16.9 Å². The fourth-order valence-electron chi connectivity index (χ4n) is 2.30. The molecule has 3 rings (SSSR count). The molecule has 0 aromatic carbocycles. The molecular weight excluding hydrogens is 290 g/mol. The molecule has 0 radical (unpaired) electrons. The number of hydrogen-bond acceptors (Lipinski definition) is 5. The smallest absolute Gasteiger partial charge is 0.273 e. The van der Waals surface area contributed by atoms with Gasteiger partial charge in [-0.25, -0.2) is 4.98 Å². The summed E-state index contributed by atoms with van der Waals surface area (Å²) in [5, 5.41) is 6.90. The summed E-state index contributed by atoms with van der Waals surface area (Å²) in [7, 11) is 2.10. The number of thiophene rings is 1. The van der Waals surface area contributed by atoms with Crippen molar-refractivity contribution in [2.75, 3.05) is 33.2 Å². The summed E-state index contributed by atoms with van der Waals surface area (Å²) in [5.74, 6) is 0.0676. The topological polar surface area (TPSA) is 36.4 Å². The van der Waals surface area contributed by atoms with Crippen molar-refractivity contribution < 1.29 is 4.79 Å². The van der Waals surface area contributed by atoms with Gasteiger partial charge < -0.3 is 9.80 Å². The number of carbonyl (C=O) groups excluding carboxylic acids is 1.